The highest BCUT2D eigenvalue weighted by molar-refractivity contribution is 6.30. The van der Waals surface area contributed by atoms with Crippen LogP contribution < -0.4 is 0 Å². The molecule has 4 aromatic rings. The van der Waals surface area contributed by atoms with Crippen LogP contribution in [0.4, 0.5) is 0 Å². The highest BCUT2D eigenvalue weighted by Crippen LogP contribution is 2.34. The summed E-state index contributed by atoms with van der Waals surface area (Å²) in [4.78, 5) is 12.2. The molecule has 6 rings (SSSR count). The largest absolute Gasteiger partial charge is 0.347 e. The predicted molar refractivity (Wildman–Crippen MR) is 139 cm³/mol. The van der Waals surface area contributed by atoms with Gasteiger partial charge in [0.1, 0.15) is 5.82 Å². The molecule has 0 bridgehead atoms. The first kappa shape index (κ1) is 21.8. The van der Waals surface area contributed by atoms with Gasteiger partial charge in [-0.2, -0.15) is 0 Å². The van der Waals surface area contributed by atoms with Crippen LogP contribution in [0.25, 0.3) is 22.2 Å². The number of nitrogens with zero attached hydrogens (tertiary/aromatic N) is 4. The summed E-state index contributed by atoms with van der Waals surface area (Å²) < 4.78 is 2.42. The Bertz CT molecular complexity index is 1290. The fourth-order valence-electron chi connectivity index (χ4n) is 5.74. The smallest absolute Gasteiger partial charge is 0.128 e. The van der Waals surface area contributed by atoms with E-state index in [9.17, 15) is 0 Å². The zero-order valence-corrected chi connectivity index (χ0v) is 20.3. The second kappa shape index (κ2) is 9.52. The molecule has 4 nitrogen and oxygen atoms in total. The Balaban J connectivity index is 1.09. The van der Waals surface area contributed by atoms with Crippen molar-refractivity contribution >= 4 is 22.5 Å². The number of rotatable bonds is 6. The molecule has 0 unspecified atom stereocenters. The van der Waals surface area contributed by atoms with Gasteiger partial charge < -0.3 is 4.57 Å². The first-order chi connectivity index (χ1) is 16.7. The molecule has 0 amide bonds. The van der Waals surface area contributed by atoms with Crippen LogP contribution in [0.1, 0.15) is 42.6 Å². The van der Waals surface area contributed by atoms with E-state index < -0.39 is 0 Å². The van der Waals surface area contributed by atoms with Crippen LogP contribution >= 0.6 is 11.6 Å². The molecule has 0 atom stereocenters. The molecule has 0 N–H and O–H groups in total. The zero-order chi connectivity index (χ0) is 22.9. The van der Waals surface area contributed by atoms with Crippen LogP contribution in [0.3, 0.4) is 0 Å². The summed E-state index contributed by atoms with van der Waals surface area (Å²) in [5.74, 6) is 1.74. The summed E-state index contributed by atoms with van der Waals surface area (Å²) >= 11 is 6.02. The molecule has 0 aliphatic carbocycles. The van der Waals surface area contributed by atoms with Crippen LogP contribution in [0.2, 0.25) is 5.02 Å². The number of para-hydroxylation sites is 1. The number of hydrogen-bond acceptors (Lipinski definition) is 3. The van der Waals surface area contributed by atoms with Gasteiger partial charge in [-0.15, -0.1) is 0 Å². The molecule has 0 radical (unpaired) electrons. The van der Waals surface area contributed by atoms with Gasteiger partial charge in [0.05, 0.1) is 11.2 Å². The molecule has 2 aliphatic rings. The fraction of sp³-hybridized carbons (Fsp3) is 0.379. The number of halogens is 1. The van der Waals surface area contributed by atoms with Crippen LogP contribution in [-0.2, 0) is 25.9 Å². The fourth-order valence-corrected chi connectivity index (χ4v) is 5.87. The van der Waals surface area contributed by atoms with Crippen molar-refractivity contribution in [3.8, 4) is 11.3 Å². The van der Waals surface area contributed by atoms with Gasteiger partial charge in [-0.05, 0) is 80.4 Å². The first-order valence-electron chi connectivity index (χ1n) is 12.6. The van der Waals surface area contributed by atoms with E-state index >= 15 is 0 Å². The molecule has 2 aliphatic heterocycles. The maximum Gasteiger partial charge on any atom is 0.128 e. The SMILES string of the molecule is Clc1ccc(CN2CCC(CCc3nccc(-c4cn5c6c(cccc46)CCC5)n3)CC2)cc1. The van der Waals surface area contributed by atoms with E-state index in [1.54, 1.807) is 0 Å². The predicted octanol–water partition coefficient (Wildman–Crippen LogP) is 6.54. The van der Waals surface area contributed by atoms with Gasteiger partial charge in [-0.3, -0.25) is 4.90 Å². The topological polar surface area (TPSA) is 34.0 Å². The molecule has 0 saturated carbocycles. The maximum atomic E-state index is 6.02. The highest BCUT2D eigenvalue weighted by Gasteiger charge is 2.21. The van der Waals surface area contributed by atoms with Crippen molar-refractivity contribution in [1.82, 2.24) is 19.4 Å². The Kier molecular flexibility index (Phi) is 6.11. The summed E-state index contributed by atoms with van der Waals surface area (Å²) in [7, 11) is 0. The Morgan fingerprint density at radius 1 is 0.971 bits per heavy atom. The van der Waals surface area contributed by atoms with E-state index in [1.807, 2.05) is 18.3 Å². The van der Waals surface area contributed by atoms with Crippen molar-refractivity contribution in [2.45, 2.75) is 51.6 Å². The summed E-state index contributed by atoms with van der Waals surface area (Å²) in [5, 5.41) is 2.14. The molecule has 174 valence electrons. The van der Waals surface area contributed by atoms with Gasteiger partial charge in [0.15, 0.2) is 0 Å². The normalized spacial score (nSPS) is 16.9. The maximum absolute atomic E-state index is 6.02. The van der Waals surface area contributed by atoms with Crippen LogP contribution in [0, 0.1) is 5.92 Å². The standard InChI is InChI=1S/C29H31ClN4/c30-24-9-6-22(7-10-24)19-33-17-13-21(14-18-33)8-11-28-31-15-12-27(32-28)26-20-34-16-2-4-23-3-1-5-25(26)29(23)34/h1,3,5-7,9-10,12,15,20-21H,2,4,8,11,13-14,16-19H2. The zero-order valence-electron chi connectivity index (χ0n) is 19.6. The molecule has 4 heterocycles. The average molecular weight is 471 g/mol. The molecule has 34 heavy (non-hydrogen) atoms. The van der Waals surface area contributed by atoms with E-state index in [-0.39, 0.29) is 0 Å². The number of hydrogen-bond donors (Lipinski definition) is 0. The molecule has 2 aromatic carbocycles. The minimum atomic E-state index is 0.757. The third kappa shape index (κ3) is 4.49. The summed E-state index contributed by atoms with van der Waals surface area (Å²) in [5.41, 5.74) is 6.52. The lowest BCUT2D eigenvalue weighted by Crippen LogP contribution is -2.33. The van der Waals surface area contributed by atoms with Gasteiger partial charge in [-0.25, -0.2) is 9.97 Å². The van der Waals surface area contributed by atoms with Crippen LogP contribution in [0.15, 0.2) is 60.9 Å². The van der Waals surface area contributed by atoms with Gasteiger partial charge >= 0.3 is 0 Å². The lowest BCUT2D eigenvalue weighted by molar-refractivity contribution is 0.172. The highest BCUT2D eigenvalue weighted by atomic mass is 35.5. The van der Waals surface area contributed by atoms with Crippen LogP contribution in [0.5, 0.6) is 0 Å². The van der Waals surface area contributed by atoms with Gasteiger partial charge in [0.25, 0.3) is 0 Å². The van der Waals surface area contributed by atoms with Gasteiger partial charge in [0.2, 0.25) is 0 Å². The second-order valence-electron chi connectivity index (χ2n) is 9.90. The number of benzene rings is 2. The monoisotopic (exact) mass is 470 g/mol. The minimum absolute atomic E-state index is 0.757. The second-order valence-corrected chi connectivity index (χ2v) is 10.3. The number of piperidine rings is 1. The van der Waals surface area contributed by atoms with Crippen molar-refractivity contribution in [3.05, 3.63) is 82.9 Å². The molecule has 1 saturated heterocycles. The minimum Gasteiger partial charge on any atom is -0.347 e. The number of aromatic nitrogens is 3. The Hall–Kier alpha value is -2.69. The Labute approximate surface area is 206 Å². The van der Waals surface area contributed by atoms with E-state index in [0.29, 0.717) is 0 Å². The third-order valence-electron chi connectivity index (χ3n) is 7.61. The first-order valence-corrected chi connectivity index (χ1v) is 13.0. The summed E-state index contributed by atoms with van der Waals surface area (Å²) in [6.45, 7) is 4.44. The molecular weight excluding hydrogens is 440 g/mol. The van der Waals surface area contributed by atoms with Crippen molar-refractivity contribution in [2.75, 3.05) is 13.1 Å². The lowest BCUT2D eigenvalue weighted by Gasteiger charge is -2.32. The van der Waals surface area contributed by atoms with Crippen molar-refractivity contribution in [1.29, 1.82) is 0 Å². The molecule has 0 spiro atoms. The van der Waals surface area contributed by atoms with E-state index in [0.717, 1.165) is 55.1 Å². The molecule has 1 fully saturated rings. The average Bonchev–Trinajstić information content (AvgIpc) is 3.26. The quantitative estimate of drug-likeness (QED) is 0.320. The van der Waals surface area contributed by atoms with E-state index in [1.165, 1.54) is 59.7 Å². The van der Waals surface area contributed by atoms with Crippen molar-refractivity contribution < 1.29 is 0 Å². The Morgan fingerprint density at radius 3 is 2.68 bits per heavy atom. The van der Waals surface area contributed by atoms with E-state index in [4.69, 9.17) is 16.6 Å². The van der Waals surface area contributed by atoms with Crippen LogP contribution in [-0.4, -0.2) is 32.5 Å². The lowest BCUT2D eigenvalue weighted by atomic mass is 9.92. The third-order valence-corrected chi connectivity index (χ3v) is 7.86. The van der Waals surface area contributed by atoms with Crippen molar-refractivity contribution in [3.63, 3.8) is 0 Å². The number of likely N-dealkylation sites (tertiary alicyclic amines) is 1. The molecule has 2 aromatic heterocycles. The number of aryl methyl sites for hydroxylation is 3. The van der Waals surface area contributed by atoms with Gasteiger partial charge in [-0.1, -0.05) is 41.9 Å². The van der Waals surface area contributed by atoms with E-state index in [2.05, 4.69) is 57.0 Å². The Morgan fingerprint density at radius 2 is 1.82 bits per heavy atom. The van der Waals surface area contributed by atoms with Crippen molar-refractivity contribution in [2.24, 2.45) is 5.92 Å². The molecule has 5 heteroatoms. The molecular formula is C29H31ClN4. The van der Waals surface area contributed by atoms with Gasteiger partial charge in [0, 0.05) is 47.9 Å². The summed E-state index contributed by atoms with van der Waals surface area (Å²) in [6.07, 6.45) is 11.3. The summed E-state index contributed by atoms with van der Waals surface area (Å²) in [6, 6.07) is 17.0.